The van der Waals surface area contributed by atoms with Gasteiger partial charge in [-0.2, -0.15) is 0 Å². The van der Waals surface area contributed by atoms with Crippen LogP contribution in [0.3, 0.4) is 0 Å². The lowest BCUT2D eigenvalue weighted by Crippen LogP contribution is -2.36. The maximum absolute atomic E-state index is 12.0. The highest BCUT2D eigenvalue weighted by Crippen LogP contribution is 2.21. The van der Waals surface area contributed by atoms with Crippen LogP contribution in [0.25, 0.3) is 0 Å². The Bertz CT molecular complexity index is 661. The summed E-state index contributed by atoms with van der Waals surface area (Å²) in [5.74, 6) is 1.94. The van der Waals surface area contributed by atoms with E-state index in [1.54, 1.807) is 12.4 Å². The molecule has 0 saturated carbocycles. The van der Waals surface area contributed by atoms with Gasteiger partial charge >= 0.3 is 0 Å². The van der Waals surface area contributed by atoms with Crippen molar-refractivity contribution in [3.8, 4) is 0 Å². The molecule has 0 radical (unpaired) electrons. The molecule has 0 unspecified atom stereocenters. The van der Waals surface area contributed by atoms with E-state index in [0.717, 1.165) is 43.6 Å². The number of aromatic nitrogens is 3. The predicted molar refractivity (Wildman–Crippen MR) is 98.2 cm³/mol. The Morgan fingerprint density at radius 1 is 1.28 bits per heavy atom. The summed E-state index contributed by atoms with van der Waals surface area (Å²) in [6.45, 7) is 6.13. The number of hydrogen-bond donors (Lipinski definition) is 1. The molecule has 3 rings (SSSR count). The lowest BCUT2D eigenvalue weighted by atomic mass is 9.93. The molecule has 1 amide bonds. The molecule has 0 atom stereocenters. The van der Waals surface area contributed by atoms with Crippen molar-refractivity contribution in [3.63, 3.8) is 0 Å². The van der Waals surface area contributed by atoms with Crippen molar-refractivity contribution in [1.29, 1.82) is 0 Å². The molecule has 6 nitrogen and oxygen atoms in total. The van der Waals surface area contributed by atoms with Gasteiger partial charge in [0.1, 0.15) is 5.82 Å². The van der Waals surface area contributed by atoms with Gasteiger partial charge in [-0.05, 0) is 57.3 Å². The fourth-order valence-corrected chi connectivity index (χ4v) is 3.38. The monoisotopic (exact) mass is 341 g/mol. The van der Waals surface area contributed by atoms with Crippen LogP contribution in [0.5, 0.6) is 0 Å². The molecular weight excluding hydrogens is 314 g/mol. The molecule has 0 bridgehead atoms. The summed E-state index contributed by atoms with van der Waals surface area (Å²) in [6, 6.07) is 3.68. The number of aryl methyl sites for hydroxylation is 2. The smallest absolute Gasteiger partial charge is 0.225 e. The number of pyridine rings is 1. The number of piperidine rings is 1. The van der Waals surface area contributed by atoms with E-state index >= 15 is 0 Å². The van der Waals surface area contributed by atoms with E-state index in [2.05, 4.69) is 37.9 Å². The minimum Gasteiger partial charge on any atom is -0.335 e. The highest BCUT2D eigenvalue weighted by molar-refractivity contribution is 5.90. The lowest BCUT2D eigenvalue weighted by molar-refractivity contribution is -0.116. The van der Waals surface area contributed by atoms with Gasteiger partial charge in [0.15, 0.2) is 0 Å². The second kappa shape index (κ2) is 8.76. The third kappa shape index (κ3) is 5.39. The number of anilines is 1. The van der Waals surface area contributed by atoms with E-state index in [4.69, 9.17) is 0 Å². The van der Waals surface area contributed by atoms with Gasteiger partial charge in [-0.3, -0.25) is 9.78 Å². The van der Waals surface area contributed by atoms with Crippen molar-refractivity contribution >= 4 is 11.6 Å². The van der Waals surface area contributed by atoms with Gasteiger partial charge in [0.25, 0.3) is 0 Å². The fourth-order valence-electron chi connectivity index (χ4n) is 3.38. The lowest BCUT2D eigenvalue weighted by Gasteiger charge is -2.31. The fraction of sp³-hybridized carbons (Fsp3) is 0.526. The standard InChI is InChI=1S/C19H27N5O/c1-16-21-9-14-24(16)13-6-17-4-10-23(11-5-17)12-7-19(25)22-18-3-2-8-20-15-18/h2-3,8-9,14-15,17H,4-7,10-13H2,1H3,(H,22,25). The van der Waals surface area contributed by atoms with Gasteiger partial charge < -0.3 is 14.8 Å². The molecule has 6 heteroatoms. The van der Waals surface area contributed by atoms with Gasteiger partial charge in [0.05, 0.1) is 11.9 Å². The van der Waals surface area contributed by atoms with Crippen LogP contribution >= 0.6 is 0 Å². The Morgan fingerprint density at radius 3 is 2.80 bits per heavy atom. The van der Waals surface area contributed by atoms with Crippen LogP contribution in [0, 0.1) is 12.8 Å². The number of amides is 1. The normalized spacial score (nSPS) is 16.0. The first-order chi connectivity index (χ1) is 12.2. The number of nitrogens with zero attached hydrogens (tertiary/aromatic N) is 4. The third-order valence-corrected chi connectivity index (χ3v) is 5.01. The van der Waals surface area contributed by atoms with E-state index in [1.807, 2.05) is 18.3 Å². The second-order valence-electron chi connectivity index (χ2n) is 6.78. The van der Waals surface area contributed by atoms with Crippen LogP contribution in [-0.4, -0.2) is 45.0 Å². The van der Waals surface area contributed by atoms with E-state index in [9.17, 15) is 4.79 Å². The summed E-state index contributed by atoms with van der Waals surface area (Å²) in [5, 5.41) is 2.89. The topological polar surface area (TPSA) is 63.1 Å². The summed E-state index contributed by atoms with van der Waals surface area (Å²) in [5.41, 5.74) is 0.765. The van der Waals surface area contributed by atoms with Crippen LogP contribution in [0.4, 0.5) is 5.69 Å². The van der Waals surface area contributed by atoms with E-state index in [-0.39, 0.29) is 5.91 Å². The average Bonchev–Trinajstić information content (AvgIpc) is 3.05. The van der Waals surface area contributed by atoms with Crippen molar-refractivity contribution in [2.24, 2.45) is 5.92 Å². The summed E-state index contributed by atoms with van der Waals surface area (Å²) >= 11 is 0. The summed E-state index contributed by atoms with van der Waals surface area (Å²) in [6.07, 6.45) is 11.5. The van der Waals surface area contributed by atoms with Crippen LogP contribution in [0.15, 0.2) is 36.9 Å². The van der Waals surface area contributed by atoms with Gasteiger partial charge in [0, 0.05) is 38.1 Å². The number of hydrogen-bond acceptors (Lipinski definition) is 4. The highest BCUT2D eigenvalue weighted by atomic mass is 16.1. The molecule has 1 aliphatic rings. The zero-order chi connectivity index (χ0) is 17.5. The Kier molecular flexibility index (Phi) is 6.17. The minimum absolute atomic E-state index is 0.0608. The molecule has 2 aromatic heterocycles. The average molecular weight is 341 g/mol. The van der Waals surface area contributed by atoms with E-state index in [1.165, 1.54) is 19.3 Å². The molecule has 2 aromatic rings. The molecule has 25 heavy (non-hydrogen) atoms. The zero-order valence-corrected chi connectivity index (χ0v) is 14.9. The van der Waals surface area contributed by atoms with Crippen molar-refractivity contribution < 1.29 is 4.79 Å². The molecule has 0 spiro atoms. The van der Waals surface area contributed by atoms with Crippen molar-refractivity contribution in [1.82, 2.24) is 19.4 Å². The molecule has 3 heterocycles. The highest BCUT2D eigenvalue weighted by Gasteiger charge is 2.19. The number of likely N-dealkylation sites (tertiary alicyclic amines) is 1. The molecule has 1 N–H and O–H groups in total. The van der Waals surface area contributed by atoms with Gasteiger partial charge in [0.2, 0.25) is 5.91 Å². The van der Waals surface area contributed by atoms with Crippen molar-refractivity contribution in [3.05, 3.63) is 42.7 Å². The molecule has 0 aromatic carbocycles. The Hall–Kier alpha value is -2.21. The van der Waals surface area contributed by atoms with Gasteiger partial charge in [-0.1, -0.05) is 0 Å². The van der Waals surface area contributed by atoms with Crippen molar-refractivity contribution in [2.45, 2.75) is 39.2 Å². The SMILES string of the molecule is Cc1nccn1CCC1CCN(CCC(=O)Nc2cccnc2)CC1. The maximum atomic E-state index is 12.0. The molecule has 1 saturated heterocycles. The summed E-state index contributed by atoms with van der Waals surface area (Å²) in [4.78, 5) is 22.7. The zero-order valence-electron chi connectivity index (χ0n) is 14.9. The van der Waals surface area contributed by atoms with E-state index in [0.29, 0.717) is 6.42 Å². The number of rotatable bonds is 7. The molecule has 134 valence electrons. The first kappa shape index (κ1) is 17.6. The second-order valence-corrected chi connectivity index (χ2v) is 6.78. The largest absolute Gasteiger partial charge is 0.335 e. The van der Waals surface area contributed by atoms with Gasteiger partial charge in [-0.15, -0.1) is 0 Å². The number of nitrogens with one attached hydrogen (secondary N) is 1. The molecule has 1 fully saturated rings. The number of carbonyl (C=O) groups is 1. The number of carbonyl (C=O) groups excluding carboxylic acids is 1. The van der Waals surface area contributed by atoms with Crippen LogP contribution in [-0.2, 0) is 11.3 Å². The first-order valence-electron chi connectivity index (χ1n) is 9.10. The quantitative estimate of drug-likeness (QED) is 0.841. The predicted octanol–water partition coefficient (Wildman–Crippen LogP) is 2.72. The number of imidazole rings is 1. The summed E-state index contributed by atoms with van der Waals surface area (Å²) in [7, 11) is 0. The minimum atomic E-state index is 0.0608. The van der Waals surface area contributed by atoms with Crippen LogP contribution in [0.2, 0.25) is 0 Å². The first-order valence-corrected chi connectivity index (χ1v) is 9.10. The van der Waals surface area contributed by atoms with Crippen molar-refractivity contribution in [2.75, 3.05) is 25.0 Å². The maximum Gasteiger partial charge on any atom is 0.225 e. The van der Waals surface area contributed by atoms with Gasteiger partial charge in [-0.25, -0.2) is 4.98 Å². The van der Waals surface area contributed by atoms with E-state index < -0.39 is 0 Å². The van der Waals surface area contributed by atoms with Crippen LogP contribution < -0.4 is 5.32 Å². The Labute approximate surface area is 149 Å². The molecule has 1 aliphatic heterocycles. The van der Waals surface area contributed by atoms with Crippen LogP contribution in [0.1, 0.15) is 31.5 Å². The molecule has 0 aliphatic carbocycles. The third-order valence-electron chi connectivity index (χ3n) is 5.01. The Balaban J connectivity index is 1.32. The summed E-state index contributed by atoms with van der Waals surface area (Å²) < 4.78 is 2.23. The molecular formula is C19H27N5O. The Morgan fingerprint density at radius 2 is 2.12 bits per heavy atom.